The summed E-state index contributed by atoms with van der Waals surface area (Å²) in [6, 6.07) is 5.94. The van der Waals surface area contributed by atoms with Crippen LogP contribution in [0.1, 0.15) is 51.2 Å². The van der Waals surface area contributed by atoms with Gasteiger partial charge in [-0.15, -0.1) is 0 Å². The van der Waals surface area contributed by atoms with Gasteiger partial charge >= 0.3 is 6.18 Å². The van der Waals surface area contributed by atoms with E-state index in [1.165, 1.54) is 12.1 Å². The van der Waals surface area contributed by atoms with Crippen molar-refractivity contribution in [2.45, 2.75) is 52.3 Å². The van der Waals surface area contributed by atoms with Crippen molar-refractivity contribution in [3.05, 3.63) is 35.4 Å². The van der Waals surface area contributed by atoms with Gasteiger partial charge in [0, 0.05) is 12.0 Å². The molecule has 1 nitrogen and oxygen atoms in total. The van der Waals surface area contributed by atoms with Gasteiger partial charge < -0.3 is 5.32 Å². The van der Waals surface area contributed by atoms with E-state index >= 15 is 0 Å². The minimum Gasteiger partial charge on any atom is -0.314 e. The van der Waals surface area contributed by atoms with E-state index in [1.54, 1.807) is 12.1 Å². The Hall–Kier alpha value is -1.03. The van der Waals surface area contributed by atoms with Gasteiger partial charge in [-0.25, -0.2) is 0 Å². The van der Waals surface area contributed by atoms with Gasteiger partial charge in [0.15, 0.2) is 0 Å². The van der Waals surface area contributed by atoms with Crippen molar-refractivity contribution in [1.29, 1.82) is 0 Å². The number of nitrogens with one attached hydrogen (secondary N) is 1. The molecule has 1 aromatic carbocycles. The molecule has 0 heterocycles. The fourth-order valence-electron chi connectivity index (χ4n) is 2.75. The molecular weight excluding hydrogens is 263 g/mol. The minimum atomic E-state index is -4.30. The van der Waals surface area contributed by atoms with Crippen molar-refractivity contribution < 1.29 is 13.2 Å². The first-order chi connectivity index (χ1) is 9.29. The van der Waals surface area contributed by atoms with E-state index in [1.807, 2.05) is 27.7 Å². The highest BCUT2D eigenvalue weighted by molar-refractivity contribution is 5.34. The fraction of sp³-hybridized carbons (Fsp3) is 0.625. The molecule has 1 aromatic rings. The summed E-state index contributed by atoms with van der Waals surface area (Å²) in [5, 5.41) is 3.32. The maximum Gasteiger partial charge on any atom is 0.416 e. The number of hydrogen-bond donors (Lipinski definition) is 1. The molecule has 1 N–H and O–H groups in total. The summed E-state index contributed by atoms with van der Waals surface area (Å²) in [6.45, 7) is 8.78. The lowest BCUT2D eigenvalue weighted by Crippen LogP contribution is -2.36. The largest absolute Gasteiger partial charge is 0.416 e. The normalized spacial score (nSPS) is 15.4. The van der Waals surface area contributed by atoms with Crippen molar-refractivity contribution >= 4 is 0 Å². The first-order valence-corrected chi connectivity index (χ1v) is 7.18. The van der Waals surface area contributed by atoms with Gasteiger partial charge in [0.05, 0.1) is 5.56 Å². The smallest absolute Gasteiger partial charge is 0.314 e. The molecule has 0 aliphatic heterocycles. The van der Waals surface area contributed by atoms with Crippen LogP contribution in [0.15, 0.2) is 24.3 Å². The van der Waals surface area contributed by atoms with E-state index in [4.69, 9.17) is 0 Å². The van der Waals surface area contributed by atoms with E-state index < -0.39 is 11.7 Å². The van der Waals surface area contributed by atoms with E-state index in [2.05, 4.69) is 5.32 Å². The van der Waals surface area contributed by atoms with Crippen LogP contribution < -0.4 is 5.32 Å². The highest BCUT2D eigenvalue weighted by atomic mass is 19.4. The Bertz CT molecular complexity index is 412. The lowest BCUT2D eigenvalue weighted by atomic mass is 9.80. The monoisotopic (exact) mass is 287 g/mol. The Morgan fingerprint density at radius 2 is 1.70 bits per heavy atom. The second-order valence-corrected chi connectivity index (χ2v) is 5.60. The summed E-state index contributed by atoms with van der Waals surface area (Å²) in [5.41, 5.74) is -0.116. The number of halogens is 3. The van der Waals surface area contributed by atoms with Gasteiger partial charge in [-0.1, -0.05) is 39.0 Å². The molecule has 0 amide bonds. The molecule has 2 atom stereocenters. The molecule has 0 aromatic heterocycles. The van der Waals surface area contributed by atoms with Gasteiger partial charge in [-0.3, -0.25) is 0 Å². The summed E-state index contributed by atoms with van der Waals surface area (Å²) in [6.07, 6.45) is -3.33. The summed E-state index contributed by atoms with van der Waals surface area (Å²) in [4.78, 5) is 0. The lowest BCUT2D eigenvalue weighted by Gasteiger charge is -2.31. The molecule has 4 heteroatoms. The number of alkyl halides is 3. The second-order valence-electron chi connectivity index (χ2n) is 5.60. The Kier molecular flexibility index (Phi) is 6.06. The fourth-order valence-corrected chi connectivity index (χ4v) is 2.75. The summed E-state index contributed by atoms with van der Waals surface area (Å²) >= 11 is 0. The van der Waals surface area contributed by atoms with Crippen LogP contribution in [-0.2, 0) is 6.18 Å². The van der Waals surface area contributed by atoms with Crippen LogP contribution in [0.5, 0.6) is 0 Å². The molecule has 0 radical (unpaired) electrons. The van der Waals surface area contributed by atoms with E-state index in [-0.39, 0.29) is 17.9 Å². The molecule has 0 aliphatic rings. The average molecular weight is 287 g/mol. The summed E-state index contributed by atoms with van der Waals surface area (Å²) in [5.74, 6) is -0.0165. The molecule has 2 unspecified atom stereocenters. The topological polar surface area (TPSA) is 12.0 Å². The van der Waals surface area contributed by atoms with Gasteiger partial charge in [-0.2, -0.15) is 13.2 Å². The standard InChI is InChI=1S/C16H24F3N/c1-5-10-20-12(4)15(11(2)3)13-8-6-7-9-14(13)16(17,18)19/h6-9,11-12,15,20H,5,10H2,1-4H3. The highest BCUT2D eigenvalue weighted by Gasteiger charge is 2.36. The molecule has 0 bridgehead atoms. The predicted octanol–water partition coefficient (Wildman–Crippen LogP) is 4.83. The van der Waals surface area contributed by atoms with Crippen LogP contribution in [0.2, 0.25) is 0 Å². The molecule has 20 heavy (non-hydrogen) atoms. The zero-order valence-corrected chi connectivity index (χ0v) is 12.6. The number of hydrogen-bond acceptors (Lipinski definition) is 1. The van der Waals surface area contributed by atoms with Crippen LogP contribution in [0, 0.1) is 5.92 Å². The third-order valence-corrected chi connectivity index (χ3v) is 3.60. The maximum atomic E-state index is 13.2. The molecule has 0 aliphatic carbocycles. The molecule has 1 rings (SSSR count). The van der Waals surface area contributed by atoms with Gasteiger partial charge in [0.1, 0.15) is 0 Å². The molecule has 0 saturated carbocycles. The van der Waals surface area contributed by atoms with E-state index in [9.17, 15) is 13.2 Å². The third kappa shape index (κ3) is 4.23. The SMILES string of the molecule is CCCNC(C)C(c1ccccc1C(F)(F)F)C(C)C. The maximum absolute atomic E-state index is 13.2. The van der Waals surface area contributed by atoms with Crippen molar-refractivity contribution in [1.82, 2.24) is 5.32 Å². The van der Waals surface area contributed by atoms with Gasteiger partial charge in [-0.05, 0) is 37.4 Å². The zero-order chi connectivity index (χ0) is 15.3. The predicted molar refractivity (Wildman–Crippen MR) is 76.8 cm³/mol. The first kappa shape index (κ1) is 17.0. The number of benzene rings is 1. The minimum absolute atomic E-state index is 0.0125. The number of rotatable bonds is 6. The van der Waals surface area contributed by atoms with Crippen molar-refractivity contribution in [2.24, 2.45) is 5.92 Å². The molecular formula is C16H24F3N. The molecule has 0 fully saturated rings. The van der Waals surface area contributed by atoms with Crippen LogP contribution in [0.4, 0.5) is 13.2 Å². The zero-order valence-electron chi connectivity index (χ0n) is 12.6. The van der Waals surface area contributed by atoms with Crippen LogP contribution in [0.3, 0.4) is 0 Å². The van der Waals surface area contributed by atoms with Crippen LogP contribution in [-0.4, -0.2) is 12.6 Å². The van der Waals surface area contributed by atoms with Crippen LogP contribution >= 0.6 is 0 Å². The summed E-state index contributed by atoms with van der Waals surface area (Å²) in [7, 11) is 0. The van der Waals surface area contributed by atoms with E-state index in [0.717, 1.165) is 13.0 Å². The molecule has 0 spiro atoms. The Balaban J connectivity index is 3.16. The van der Waals surface area contributed by atoms with Gasteiger partial charge in [0.25, 0.3) is 0 Å². The second kappa shape index (κ2) is 7.11. The molecule has 114 valence electrons. The van der Waals surface area contributed by atoms with Crippen molar-refractivity contribution in [2.75, 3.05) is 6.54 Å². The van der Waals surface area contributed by atoms with E-state index in [0.29, 0.717) is 5.56 Å². The average Bonchev–Trinajstić information content (AvgIpc) is 2.35. The third-order valence-electron chi connectivity index (χ3n) is 3.60. The Morgan fingerprint density at radius 1 is 1.10 bits per heavy atom. The van der Waals surface area contributed by atoms with Crippen molar-refractivity contribution in [3.63, 3.8) is 0 Å². The quantitative estimate of drug-likeness (QED) is 0.790. The molecule has 0 saturated heterocycles. The van der Waals surface area contributed by atoms with Crippen molar-refractivity contribution in [3.8, 4) is 0 Å². The Labute approximate surface area is 119 Å². The first-order valence-electron chi connectivity index (χ1n) is 7.18. The lowest BCUT2D eigenvalue weighted by molar-refractivity contribution is -0.138. The van der Waals surface area contributed by atoms with Crippen LogP contribution in [0.25, 0.3) is 0 Å². The van der Waals surface area contributed by atoms with Gasteiger partial charge in [0.2, 0.25) is 0 Å². The Morgan fingerprint density at radius 3 is 2.20 bits per heavy atom. The highest BCUT2D eigenvalue weighted by Crippen LogP contribution is 2.38. The summed E-state index contributed by atoms with van der Waals surface area (Å²) < 4.78 is 39.5.